The van der Waals surface area contributed by atoms with Gasteiger partial charge in [-0.3, -0.25) is 9.59 Å². The van der Waals surface area contributed by atoms with E-state index >= 15 is 0 Å². The fourth-order valence-corrected chi connectivity index (χ4v) is 3.37. The molecule has 1 aromatic heterocycles. The van der Waals surface area contributed by atoms with Crippen LogP contribution in [0.2, 0.25) is 0 Å². The van der Waals surface area contributed by atoms with Gasteiger partial charge >= 0.3 is 0 Å². The molecule has 2 aromatic rings. The molecule has 4 rings (SSSR count). The molecule has 2 fully saturated rings. The SMILES string of the molecule is NC(=O)CCNc1nc(Nc2ccc(N3CCCC3=O)cc2)ncc1C1CC1. The lowest BCUT2D eigenvalue weighted by Gasteiger charge is -2.16. The van der Waals surface area contributed by atoms with Crippen molar-refractivity contribution in [2.24, 2.45) is 5.73 Å². The van der Waals surface area contributed by atoms with E-state index < -0.39 is 0 Å². The molecule has 1 aliphatic carbocycles. The van der Waals surface area contributed by atoms with Crippen molar-refractivity contribution in [3.63, 3.8) is 0 Å². The van der Waals surface area contributed by atoms with E-state index in [0.717, 1.165) is 48.6 Å². The van der Waals surface area contributed by atoms with Crippen molar-refractivity contribution in [3.05, 3.63) is 36.0 Å². The molecule has 0 spiro atoms. The number of nitrogens with zero attached hydrogens (tertiary/aromatic N) is 3. The lowest BCUT2D eigenvalue weighted by molar-refractivity contribution is -0.118. The van der Waals surface area contributed by atoms with Crippen molar-refractivity contribution in [2.75, 3.05) is 28.6 Å². The minimum atomic E-state index is -0.343. The molecule has 2 heterocycles. The number of hydrogen-bond donors (Lipinski definition) is 3. The van der Waals surface area contributed by atoms with Crippen LogP contribution in [-0.4, -0.2) is 34.9 Å². The number of carbonyl (C=O) groups excluding carboxylic acids is 2. The number of hydrogen-bond acceptors (Lipinski definition) is 6. The maximum Gasteiger partial charge on any atom is 0.229 e. The van der Waals surface area contributed by atoms with Crippen molar-refractivity contribution < 1.29 is 9.59 Å². The lowest BCUT2D eigenvalue weighted by atomic mass is 10.2. The first-order chi connectivity index (χ1) is 13.6. The highest BCUT2D eigenvalue weighted by molar-refractivity contribution is 5.95. The average molecular weight is 380 g/mol. The first kappa shape index (κ1) is 18.2. The zero-order chi connectivity index (χ0) is 19.5. The second kappa shape index (κ2) is 7.84. The molecular weight excluding hydrogens is 356 g/mol. The molecule has 8 heteroatoms. The molecule has 1 aliphatic heterocycles. The Labute approximate surface area is 163 Å². The molecule has 0 unspecified atom stereocenters. The van der Waals surface area contributed by atoms with E-state index in [9.17, 15) is 9.59 Å². The maximum absolute atomic E-state index is 11.9. The van der Waals surface area contributed by atoms with E-state index in [1.807, 2.05) is 35.4 Å². The third kappa shape index (κ3) is 4.21. The van der Waals surface area contributed by atoms with Crippen LogP contribution >= 0.6 is 0 Å². The van der Waals surface area contributed by atoms with Gasteiger partial charge in [-0.25, -0.2) is 4.98 Å². The fraction of sp³-hybridized carbons (Fsp3) is 0.400. The first-order valence-electron chi connectivity index (χ1n) is 9.67. The van der Waals surface area contributed by atoms with Gasteiger partial charge < -0.3 is 21.3 Å². The van der Waals surface area contributed by atoms with Crippen LogP contribution in [-0.2, 0) is 9.59 Å². The number of nitrogens with one attached hydrogen (secondary N) is 2. The largest absolute Gasteiger partial charge is 0.370 e. The maximum atomic E-state index is 11.9. The van der Waals surface area contributed by atoms with Crippen LogP contribution in [0, 0.1) is 0 Å². The van der Waals surface area contributed by atoms with Gasteiger partial charge in [0.1, 0.15) is 5.82 Å². The van der Waals surface area contributed by atoms with Gasteiger partial charge in [-0.2, -0.15) is 4.98 Å². The van der Waals surface area contributed by atoms with Gasteiger partial charge in [0.05, 0.1) is 0 Å². The Kier molecular flexibility index (Phi) is 5.10. The summed E-state index contributed by atoms with van der Waals surface area (Å²) >= 11 is 0. The van der Waals surface area contributed by atoms with Gasteiger partial charge in [0, 0.05) is 49.1 Å². The molecular formula is C20H24N6O2. The Morgan fingerprint density at radius 2 is 2.04 bits per heavy atom. The number of amides is 2. The summed E-state index contributed by atoms with van der Waals surface area (Å²) in [5, 5.41) is 6.41. The predicted octanol–water partition coefficient (Wildman–Crippen LogP) is 2.51. The minimum absolute atomic E-state index is 0.173. The van der Waals surface area contributed by atoms with E-state index in [1.54, 1.807) is 0 Å². The van der Waals surface area contributed by atoms with Gasteiger partial charge in [-0.05, 0) is 49.4 Å². The topological polar surface area (TPSA) is 113 Å². The van der Waals surface area contributed by atoms with Gasteiger partial charge in [0.2, 0.25) is 17.8 Å². The van der Waals surface area contributed by atoms with E-state index in [1.165, 1.54) is 0 Å². The smallest absolute Gasteiger partial charge is 0.229 e. The highest BCUT2D eigenvalue weighted by Gasteiger charge is 2.27. The van der Waals surface area contributed by atoms with Crippen LogP contribution in [0.3, 0.4) is 0 Å². The number of nitrogens with two attached hydrogens (primary N) is 1. The second-order valence-corrected chi connectivity index (χ2v) is 7.24. The van der Waals surface area contributed by atoms with Crippen molar-refractivity contribution in [3.8, 4) is 0 Å². The van der Waals surface area contributed by atoms with Crippen molar-refractivity contribution in [1.82, 2.24) is 9.97 Å². The third-order valence-electron chi connectivity index (χ3n) is 5.01. The summed E-state index contributed by atoms with van der Waals surface area (Å²) in [6, 6.07) is 7.69. The van der Waals surface area contributed by atoms with Gasteiger partial charge in [-0.1, -0.05) is 0 Å². The highest BCUT2D eigenvalue weighted by atomic mass is 16.2. The summed E-state index contributed by atoms with van der Waals surface area (Å²) in [6.07, 6.45) is 5.90. The molecule has 2 amide bonds. The fourth-order valence-electron chi connectivity index (χ4n) is 3.37. The van der Waals surface area contributed by atoms with Gasteiger partial charge in [-0.15, -0.1) is 0 Å². The monoisotopic (exact) mass is 380 g/mol. The molecule has 0 radical (unpaired) electrons. The summed E-state index contributed by atoms with van der Waals surface area (Å²) in [5.74, 6) is 1.55. The van der Waals surface area contributed by atoms with E-state index in [2.05, 4.69) is 20.6 Å². The summed E-state index contributed by atoms with van der Waals surface area (Å²) in [4.78, 5) is 33.7. The van der Waals surface area contributed by atoms with Crippen LogP contribution in [0.25, 0.3) is 0 Å². The van der Waals surface area contributed by atoms with Crippen LogP contribution in [0.15, 0.2) is 30.5 Å². The molecule has 28 heavy (non-hydrogen) atoms. The Morgan fingerprint density at radius 3 is 2.68 bits per heavy atom. The number of aromatic nitrogens is 2. The Balaban J connectivity index is 1.46. The molecule has 1 saturated heterocycles. The zero-order valence-corrected chi connectivity index (χ0v) is 15.6. The molecule has 146 valence electrons. The summed E-state index contributed by atoms with van der Waals surface area (Å²) in [6.45, 7) is 1.22. The van der Waals surface area contributed by atoms with Crippen molar-refractivity contribution in [2.45, 2.75) is 38.0 Å². The highest BCUT2D eigenvalue weighted by Crippen LogP contribution is 2.42. The Hall–Kier alpha value is -3.16. The van der Waals surface area contributed by atoms with Crippen LogP contribution in [0.5, 0.6) is 0 Å². The Bertz CT molecular complexity index is 879. The number of benzene rings is 1. The number of carbonyl (C=O) groups is 2. The lowest BCUT2D eigenvalue weighted by Crippen LogP contribution is -2.23. The van der Waals surface area contributed by atoms with Crippen LogP contribution in [0.4, 0.5) is 23.1 Å². The Morgan fingerprint density at radius 1 is 1.25 bits per heavy atom. The van der Waals surface area contributed by atoms with Crippen LogP contribution < -0.4 is 21.3 Å². The van der Waals surface area contributed by atoms with Crippen molar-refractivity contribution >= 4 is 35.0 Å². The third-order valence-corrected chi connectivity index (χ3v) is 5.01. The average Bonchev–Trinajstić information content (AvgIpc) is 3.43. The second-order valence-electron chi connectivity index (χ2n) is 7.24. The molecule has 8 nitrogen and oxygen atoms in total. The van der Waals surface area contributed by atoms with E-state index in [-0.39, 0.29) is 18.2 Å². The number of anilines is 4. The normalized spacial score (nSPS) is 16.3. The molecule has 1 saturated carbocycles. The first-order valence-corrected chi connectivity index (χ1v) is 9.67. The molecule has 2 aliphatic rings. The van der Waals surface area contributed by atoms with Gasteiger partial charge in [0.25, 0.3) is 0 Å². The van der Waals surface area contributed by atoms with Gasteiger partial charge in [0.15, 0.2) is 0 Å². The van der Waals surface area contributed by atoms with Crippen LogP contribution in [0.1, 0.15) is 43.6 Å². The summed E-state index contributed by atoms with van der Waals surface area (Å²) in [7, 11) is 0. The summed E-state index contributed by atoms with van der Waals surface area (Å²) in [5.41, 5.74) is 8.05. The zero-order valence-electron chi connectivity index (χ0n) is 15.6. The predicted molar refractivity (Wildman–Crippen MR) is 108 cm³/mol. The number of primary amides is 1. The number of rotatable bonds is 8. The molecule has 0 atom stereocenters. The summed E-state index contributed by atoms with van der Waals surface area (Å²) < 4.78 is 0. The van der Waals surface area contributed by atoms with Crippen molar-refractivity contribution in [1.29, 1.82) is 0 Å². The molecule has 0 bridgehead atoms. The standard InChI is InChI=1S/C20H24N6O2/c21-17(27)9-10-22-19-16(13-3-4-13)12-23-20(25-19)24-14-5-7-15(8-6-14)26-11-1-2-18(26)28/h5-8,12-13H,1-4,9-11H2,(H2,21,27)(H2,22,23,24,25). The molecule has 4 N–H and O–H groups in total. The van der Waals surface area contributed by atoms with E-state index in [0.29, 0.717) is 24.8 Å². The molecule has 1 aromatic carbocycles. The minimum Gasteiger partial charge on any atom is -0.370 e. The van der Waals surface area contributed by atoms with E-state index in [4.69, 9.17) is 5.73 Å². The quantitative estimate of drug-likeness (QED) is 0.648.